The topological polar surface area (TPSA) is 75.4 Å². The summed E-state index contributed by atoms with van der Waals surface area (Å²) >= 11 is 7.18. The van der Waals surface area contributed by atoms with Crippen molar-refractivity contribution in [2.45, 2.75) is 6.42 Å². The van der Waals surface area contributed by atoms with Crippen LogP contribution in [0.5, 0.6) is 0 Å². The van der Waals surface area contributed by atoms with Crippen LogP contribution in [-0.2, 0) is 9.59 Å². The number of carbonyl (C=O) groups excluding carboxylic acids is 2. The van der Waals surface area contributed by atoms with Gasteiger partial charge in [-0.1, -0.05) is 11.6 Å². The normalized spacial score (nSPS) is 16.9. The Morgan fingerprint density at radius 1 is 1.31 bits per heavy atom. The van der Waals surface area contributed by atoms with E-state index in [4.69, 9.17) is 16.0 Å². The number of thiazole rings is 1. The molecule has 1 aliphatic heterocycles. The number of rotatable bonds is 4. The number of hydrogen-bond donors (Lipinski definition) is 1. The highest BCUT2D eigenvalue weighted by atomic mass is 35.5. The van der Waals surface area contributed by atoms with Crippen molar-refractivity contribution in [3.05, 3.63) is 53.1 Å². The molecule has 6 nitrogen and oxygen atoms in total. The molecule has 8 heteroatoms. The van der Waals surface area contributed by atoms with Crippen molar-refractivity contribution in [2.75, 3.05) is 16.8 Å². The monoisotopic (exact) mass is 387 g/mol. The van der Waals surface area contributed by atoms with Crippen LogP contribution in [0.15, 0.2) is 52.5 Å². The molecule has 3 heterocycles. The molecule has 0 saturated carbocycles. The molecule has 132 valence electrons. The lowest BCUT2D eigenvalue weighted by molar-refractivity contribution is -0.129. The van der Waals surface area contributed by atoms with E-state index in [0.29, 0.717) is 34.6 Å². The summed E-state index contributed by atoms with van der Waals surface area (Å²) in [5.74, 6) is -0.645. The van der Waals surface area contributed by atoms with Crippen LogP contribution in [0, 0.1) is 5.92 Å². The van der Waals surface area contributed by atoms with Gasteiger partial charge in [-0.3, -0.25) is 9.59 Å². The van der Waals surface area contributed by atoms with Crippen LogP contribution in [0.25, 0.3) is 11.5 Å². The summed E-state index contributed by atoms with van der Waals surface area (Å²) in [4.78, 5) is 31.1. The largest absolute Gasteiger partial charge is 0.463 e. The quantitative estimate of drug-likeness (QED) is 0.685. The van der Waals surface area contributed by atoms with E-state index in [9.17, 15) is 9.59 Å². The number of benzene rings is 1. The molecule has 2 amide bonds. The number of aromatic nitrogens is 1. The van der Waals surface area contributed by atoms with Gasteiger partial charge in [0.15, 0.2) is 10.9 Å². The van der Waals surface area contributed by atoms with E-state index < -0.39 is 5.92 Å². The van der Waals surface area contributed by atoms with E-state index in [-0.39, 0.29) is 11.8 Å². The average Bonchev–Trinajstić information content (AvgIpc) is 3.36. The summed E-state index contributed by atoms with van der Waals surface area (Å²) in [7, 11) is 0. The van der Waals surface area contributed by atoms with Crippen molar-refractivity contribution in [3.63, 3.8) is 0 Å². The van der Waals surface area contributed by atoms with Gasteiger partial charge in [0, 0.05) is 22.6 Å². The number of amides is 2. The van der Waals surface area contributed by atoms with Crippen LogP contribution in [-0.4, -0.2) is 23.3 Å². The predicted octanol–water partition coefficient (Wildman–Crippen LogP) is 4.05. The number of nitrogens with zero attached hydrogens (tertiary/aromatic N) is 2. The van der Waals surface area contributed by atoms with E-state index in [1.165, 1.54) is 11.3 Å². The lowest BCUT2D eigenvalue weighted by Gasteiger charge is -2.16. The molecular weight excluding hydrogens is 374 g/mol. The maximum Gasteiger partial charge on any atom is 0.239 e. The molecule has 1 atom stereocenters. The van der Waals surface area contributed by atoms with Crippen LogP contribution in [0.3, 0.4) is 0 Å². The van der Waals surface area contributed by atoms with Gasteiger partial charge >= 0.3 is 0 Å². The van der Waals surface area contributed by atoms with Gasteiger partial charge in [0.2, 0.25) is 11.8 Å². The molecule has 1 fully saturated rings. The molecule has 0 bridgehead atoms. The van der Waals surface area contributed by atoms with Gasteiger partial charge in [-0.15, -0.1) is 11.3 Å². The van der Waals surface area contributed by atoms with Crippen molar-refractivity contribution in [2.24, 2.45) is 5.92 Å². The smallest absolute Gasteiger partial charge is 0.239 e. The van der Waals surface area contributed by atoms with Crippen LogP contribution >= 0.6 is 22.9 Å². The Morgan fingerprint density at radius 2 is 2.12 bits per heavy atom. The first-order chi connectivity index (χ1) is 12.6. The van der Waals surface area contributed by atoms with Crippen LogP contribution in [0.1, 0.15) is 6.42 Å². The number of nitrogens with one attached hydrogen (secondary N) is 1. The molecule has 1 aliphatic rings. The Labute approximate surface area is 158 Å². The molecule has 1 saturated heterocycles. The first-order valence-corrected chi connectivity index (χ1v) is 9.25. The molecule has 1 N–H and O–H groups in total. The van der Waals surface area contributed by atoms with Gasteiger partial charge < -0.3 is 14.6 Å². The third-order valence-corrected chi connectivity index (χ3v) is 5.18. The zero-order chi connectivity index (χ0) is 18.1. The molecule has 0 radical (unpaired) electrons. The van der Waals surface area contributed by atoms with Gasteiger partial charge in [-0.05, 0) is 42.8 Å². The minimum absolute atomic E-state index is 0.215. The first kappa shape index (κ1) is 16.8. The van der Waals surface area contributed by atoms with Crippen molar-refractivity contribution < 1.29 is 14.0 Å². The second kappa shape index (κ2) is 6.93. The summed E-state index contributed by atoms with van der Waals surface area (Å²) in [5.41, 5.74) is 1.39. The molecule has 1 aromatic carbocycles. The Bertz CT molecular complexity index is 937. The third-order valence-electron chi connectivity index (χ3n) is 4.17. The van der Waals surface area contributed by atoms with E-state index >= 15 is 0 Å². The first-order valence-electron chi connectivity index (χ1n) is 7.99. The lowest BCUT2D eigenvalue weighted by atomic mass is 10.1. The highest BCUT2D eigenvalue weighted by molar-refractivity contribution is 7.14. The molecule has 4 rings (SSSR count). The number of hydrogen-bond acceptors (Lipinski definition) is 5. The van der Waals surface area contributed by atoms with E-state index in [2.05, 4.69) is 10.3 Å². The van der Waals surface area contributed by atoms with Crippen molar-refractivity contribution in [1.82, 2.24) is 4.98 Å². The Balaban J connectivity index is 1.44. The molecular formula is C18H14ClN3O3S. The molecule has 2 aromatic heterocycles. The Kier molecular flexibility index (Phi) is 4.48. The van der Waals surface area contributed by atoms with Gasteiger partial charge in [0.1, 0.15) is 11.6 Å². The highest BCUT2D eigenvalue weighted by Crippen LogP contribution is 2.29. The summed E-state index contributed by atoms with van der Waals surface area (Å²) in [5, 5.41) is 5.58. The standard InChI is InChI=1S/C18H14ClN3O3S/c19-11-3-5-12(6-4-11)22-8-7-13(17(22)24)16(23)21-18-20-14(10-26-18)15-2-1-9-25-15/h1-6,9-10,13H,7-8H2,(H,20,21,23). The Hall–Kier alpha value is -2.64. The van der Waals surface area contributed by atoms with Gasteiger partial charge in [0.25, 0.3) is 0 Å². The van der Waals surface area contributed by atoms with Crippen molar-refractivity contribution in [1.29, 1.82) is 0 Å². The summed E-state index contributed by atoms with van der Waals surface area (Å²) in [6.45, 7) is 0.494. The number of anilines is 2. The van der Waals surface area contributed by atoms with E-state index in [1.54, 1.807) is 52.9 Å². The fourth-order valence-corrected chi connectivity index (χ4v) is 3.69. The summed E-state index contributed by atoms with van der Waals surface area (Å²) < 4.78 is 5.29. The number of furan rings is 1. The van der Waals surface area contributed by atoms with Crippen LogP contribution in [0.2, 0.25) is 5.02 Å². The maximum atomic E-state index is 12.6. The summed E-state index contributed by atoms with van der Waals surface area (Å²) in [6, 6.07) is 10.6. The molecule has 1 unspecified atom stereocenters. The molecule has 0 aliphatic carbocycles. The zero-order valence-electron chi connectivity index (χ0n) is 13.5. The fraction of sp³-hybridized carbons (Fsp3) is 0.167. The molecule has 3 aromatic rings. The van der Waals surface area contributed by atoms with Gasteiger partial charge in [-0.25, -0.2) is 4.98 Å². The number of halogens is 1. The maximum absolute atomic E-state index is 12.6. The van der Waals surface area contributed by atoms with E-state index in [0.717, 1.165) is 5.69 Å². The summed E-state index contributed by atoms with van der Waals surface area (Å²) in [6.07, 6.45) is 2.03. The second-order valence-corrected chi connectivity index (χ2v) is 7.11. The highest BCUT2D eigenvalue weighted by Gasteiger charge is 2.37. The number of carbonyl (C=O) groups is 2. The lowest BCUT2D eigenvalue weighted by Crippen LogP contribution is -2.33. The minimum Gasteiger partial charge on any atom is -0.463 e. The Morgan fingerprint density at radius 3 is 2.85 bits per heavy atom. The fourth-order valence-electron chi connectivity index (χ4n) is 2.86. The van der Waals surface area contributed by atoms with Gasteiger partial charge in [0.05, 0.1) is 6.26 Å². The van der Waals surface area contributed by atoms with Crippen LogP contribution in [0.4, 0.5) is 10.8 Å². The van der Waals surface area contributed by atoms with Crippen molar-refractivity contribution >= 4 is 45.6 Å². The molecule has 26 heavy (non-hydrogen) atoms. The van der Waals surface area contributed by atoms with Gasteiger partial charge in [-0.2, -0.15) is 0 Å². The third kappa shape index (κ3) is 3.23. The van der Waals surface area contributed by atoms with Crippen LogP contribution < -0.4 is 10.2 Å². The average molecular weight is 388 g/mol. The zero-order valence-corrected chi connectivity index (χ0v) is 15.1. The van der Waals surface area contributed by atoms with E-state index in [1.807, 2.05) is 0 Å². The second-order valence-electron chi connectivity index (χ2n) is 5.81. The predicted molar refractivity (Wildman–Crippen MR) is 100 cm³/mol. The minimum atomic E-state index is -0.721. The van der Waals surface area contributed by atoms with Crippen molar-refractivity contribution in [3.8, 4) is 11.5 Å². The molecule has 0 spiro atoms. The SMILES string of the molecule is O=C(Nc1nc(-c2ccco2)cs1)C1CCN(c2ccc(Cl)cc2)C1=O.